The Morgan fingerprint density at radius 3 is 2.75 bits per heavy atom. The normalized spacial score (nSPS) is 17.0. The minimum absolute atomic E-state index is 0.118. The van der Waals surface area contributed by atoms with Crippen molar-refractivity contribution >= 4 is 11.7 Å². The molecule has 1 saturated carbocycles. The second-order valence-electron chi connectivity index (χ2n) is 9.31. The molecule has 182 valence electrons. The Labute approximate surface area is 209 Å². The van der Waals surface area contributed by atoms with Gasteiger partial charge in [0.2, 0.25) is 0 Å². The van der Waals surface area contributed by atoms with Gasteiger partial charge in [0, 0.05) is 41.7 Å². The van der Waals surface area contributed by atoms with Crippen LogP contribution in [0.5, 0.6) is 0 Å². The molecule has 1 fully saturated rings. The lowest BCUT2D eigenvalue weighted by atomic mass is 10.0. The van der Waals surface area contributed by atoms with E-state index in [1.807, 2.05) is 35.0 Å². The molecule has 0 spiro atoms. The van der Waals surface area contributed by atoms with Crippen molar-refractivity contribution in [3.63, 3.8) is 0 Å². The van der Waals surface area contributed by atoms with Crippen molar-refractivity contribution in [3.8, 4) is 17.1 Å². The fourth-order valence-corrected chi connectivity index (χ4v) is 5.43. The van der Waals surface area contributed by atoms with Crippen LogP contribution in [0.1, 0.15) is 66.8 Å². The molecule has 0 unspecified atom stereocenters. The van der Waals surface area contributed by atoms with E-state index in [1.54, 1.807) is 30.9 Å². The van der Waals surface area contributed by atoms with Crippen molar-refractivity contribution in [2.45, 2.75) is 57.7 Å². The Morgan fingerprint density at radius 1 is 1.11 bits per heavy atom. The first-order chi connectivity index (χ1) is 17.7. The Kier molecular flexibility index (Phi) is 5.88. The quantitative estimate of drug-likeness (QED) is 0.440. The van der Waals surface area contributed by atoms with Gasteiger partial charge in [0.1, 0.15) is 12.0 Å². The molecule has 1 atom stereocenters. The highest BCUT2D eigenvalue weighted by Crippen LogP contribution is 2.43. The molecule has 3 aromatic heterocycles. The summed E-state index contributed by atoms with van der Waals surface area (Å²) in [5, 5.41) is 11.7. The van der Waals surface area contributed by atoms with Crippen LogP contribution < -0.4 is 10.2 Å². The van der Waals surface area contributed by atoms with Gasteiger partial charge >= 0.3 is 0 Å². The minimum atomic E-state index is -0.130. The molecular weight excluding hydrogens is 452 g/mol. The van der Waals surface area contributed by atoms with Gasteiger partial charge in [-0.25, -0.2) is 9.97 Å². The molecule has 4 aromatic rings. The van der Waals surface area contributed by atoms with Crippen molar-refractivity contribution < 1.29 is 4.79 Å². The third-order valence-corrected chi connectivity index (χ3v) is 7.19. The van der Waals surface area contributed by atoms with E-state index in [9.17, 15) is 4.79 Å². The van der Waals surface area contributed by atoms with Crippen LogP contribution in [0.4, 0.5) is 5.82 Å². The monoisotopic (exact) mass is 480 g/mol. The highest BCUT2D eigenvalue weighted by atomic mass is 16.1. The number of benzene rings is 1. The van der Waals surface area contributed by atoms with E-state index in [-0.39, 0.29) is 11.9 Å². The molecule has 1 aromatic carbocycles. The Hall–Kier alpha value is -4.14. The first-order valence-corrected chi connectivity index (χ1v) is 12.6. The topological polar surface area (TPSA) is 102 Å². The summed E-state index contributed by atoms with van der Waals surface area (Å²) in [5.74, 6) is 2.35. The number of amides is 1. The number of nitrogens with one attached hydrogen (secondary N) is 1. The van der Waals surface area contributed by atoms with Crippen molar-refractivity contribution in [3.05, 3.63) is 78.3 Å². The highest BCUT2D eigenvalue weighted by Gasteiger charge is 2.38. The summed E-state index contributed by atoms with van der Waals surface area (Å²) in [6.07, 6.45) is 12.8. The molecular formula is C27H28N8O. The number of fused-ring (bicyclic) bond motifs is 3. The van der Waals surface area contributed by atoms with Gasteiger partial charge in [-0.15, -0.1) is 10.2 Å². The van der Waals surface area contributed by atoms with E-state index >= 15 is 0 Å². The van der Waals surface area contributed by atoms with Crippen LogP contribution >= 0.6 is 0 Å². The summed E-state index contributed by atoms with van der Waals surface area (Å²) in [7, 11) is 0. The number of anilines is 1. The number of carbonyl (C=O) groups excluding carboxylic acids is 1. The third kappa shape index (κ3) is 3.90. The van der Waals surface area contributed by atoms with Crippen molar-refractivity contribution in [1.29, 1.82) is 0 Å². The van der Waals surface area contributed by atoms with Gasteiger partial charge in [-0.3, -0.25) is 14.3 Å². The molecule has 6 rings (SSSR count). The lowest BCUT2D eigenvalue weighted by Crippen LogP contribution is -2.42. The van der Waals surface area contributed by atoms with Crippen LogP contribution in [-0.4, -0.2) is 41.7 Å². The van der Waals surface area contributed by atoms with Crippen LogP contribution in [0.3, 0.4) is 0 Å². The molecule has 9 nitrogen and oxygen atoms in total. The van der Waals surface area contributed by atoms with Gasteiger partial charge in [-0.05, 0) is 37.5 Å². The first-order valence-electron chi connectivity index (χ1n) is 12.6. The second kappa shape index (κ2) is 9.49. The van der Waals surface area contributed by atoms with Crippen molar-refractivity contribution in [1.82, 2.24) is 35.0 Å². The molecule has 0 bridgehead atoms. The maximum atomic E-state index is 12.6. The molecule has 4 heterocycles. The molecule has 1 aliphatic carbocycles. The lowest BCUT2D eigenvalue weighted by Gasteiger charge is -2.40. The number of hydrogen-bond acceptors (Lipinski definition) is 7. The molecule has 1 N–H and O–H groups in total. The van der Waals surface area contributed by atoms with Crippen LogP contribution in [0, 0.1) is 0 Å². The standard InChI is InChI=1S/C27H28N8O/c1-2-22-26-33-31-17-34(26)23-16-29-24(32-25(23)35(22)20-10-6-7-11-20)21-12-13-28-14-19(21)15-30-27(36)18-8-4-3-5-9-18/h3-5,8-9,12-14,16-17,20,22H,2,6-7,10-11,15H2,1H3,(H,30,36)/t22-/m1/s1. The maximum Gasteiger partial charge on any atom is 0.251 e. The maximum absolute atomic E-state index is 12.6. The van der Waals surface area contributed by atoms with E-state index in [2.05, 4.69) is 32.3 Å². The molecule has 0 saturated heterocycles. The Bertz CT molecular complexity index is 1380. The third-order valence-electron chi connectivity index (χ3n) is 7.19. The number of rotatable bonds is 6. The van der Waals surface area contributed by atoms with Gasteiger partial charge in [-0.2, -0.15) is 0 Å². The van der Waals surface area contributed by atoms with Gasteiger partial charge in [0.15, 0.2) is 17.5 Å². The first kappa shape index (κ1) is 22.3. The van der Waals surface area contributed by atoms with E-state index in [4.69, 9.17) is 9.97 Å². The SMILES string of the molecule is CC[C@@H]1c2nncn2-c2cnc(-c3ccncc3CNC(=O)c3ccccc3)nc2N1C1CCCC1. The summed E-state index contributed by atoms with van der Waals surface area (Å²) in [4.78, 5) is 29.2. The molecule has 1 amide bonds. The summed E-state index contributed by atoms with van der Waals surface area (Å²) < 4.78 is 2.02. The number of pyridine rings is 1. The van der Waals surface area contributed by atoms with E-state index in [0.717, 1.165) is 47.7 Å². The fraction of sp³-hybridized carbons (Fsp3) is 0.333. The highest BCUT2D eigenvalue weighted by molar-refractivity contribution is 5.94. The minimum Gasteiger partial charge on any atom is -0.348 e. The van der Waals surface area contributed by atoms with Crippen LogP contribution in [0.25, 0.3) is 17.1 Å². The zero-order chi connectivity index (χ0) is 24.5. The van der Waals surface area contributed by atoms with Crippen LogP contribution in [0.2, 0.25) is 0 Å². The van der Waals surface area contributed by atoms with Crippen LogP contribution in [0.15, 0.2) is 61.3 Å². The molecule has 9 heteroatoms. The van der Waals surface area contributed by atoms with Crippen LogP contribution in [-0.2, 0) is 6.54 Å². The summed E-state index contributed by atoms with van der Waals surface area (Å²) in [5.41, 5.74) is 3.25. The average Bonchev–Trinajstić information content (AvgIpc) is 3.64. The lowest BCUT2D eigenvalue weighted by molar-refractivity contribution is 0.0951. The molecule has 1 aliphatic heterocycles. The number of nitrogens with zero attached hydrogens (tertiary/aromatic N) is 7. The van der Waals surface area contributed by atoms with Gasteiger partial charge in [0.05, 0.1) is 12.2 Å². The molecule has 36 heavy (non-hydrogen) atoms. The number of hydrogen-bond donors (Lipinski definition) is 1. The largest absolute Gasteiger partial charge is 0.348 e. The fourth-order valence-electron chi connectivity index (χ4n) is 5.43. The summed E-state index contributed by atoms with van der Waals surface area (Å²) >= 11 is 0. The number of aromatic nitrogens is 6. The average molecular weight is 481 g/mol. The van der Waals surface area contributed by atoms with Crippen molar-refractivity contribution in [2.75, 3.05) is 4.90 Å². The van der Waals surface area contributed by atoms with Gasteiger partial charge in [0.25, 0.3) is 5.91 Å². The Morgan fingerprint density at radius 2 is 1.94 bits per heavy atom. The van der Waals surface area contributed by atoms with Gasteiger partial charge in [-0.1, -0.05) is 38.0 Å². The zero-order valence-electron chi connectivity index (χ0n) is 20.2. The molecule has 0 radical (unpaired) electrons. The summed E-state index contributed by atoms with van der Waals surface area (Å²) in [6.45, 7) is 2.52. The van der Waals surface area contributed by atoms with Gasteiger partial charge < -0.3 is 10.2 Å². The Balaban J connectivity index is 1.37. The summed E-state index contributed by atoms with van der Waals surface area (Å²) in [6, 6.07) is 11.6. The van der Waals surface area contributed by atoms with E-state index in [1.165, 1.54) is 12.8 Å². The number of carbonyl (C=O) groups is 1. The predicted octanol–water partition coefficient (Wildman–Crippen LogP) is 4.26. The predicted molar refractivity (Wildman–Crippen MR) is 136 cm³/mol. The zero-order valence-corrected chi connectivity index (χ0v) is 20.2. The van der Waals surface area contributed by atoms with Crippen molar-refractivity contribution in [2.24, 2.45) is 0 Å². The molecule has 2 aliphatic rings. The van der Waals surface area contributed by atoms with E-state index < -0.39 is 0 Å². The smallest absolute Gasteiger partial charge is 0.251 e. The second-order valence-corrected chi connectivity index (χ2v) is 9.31. The van der Waals surface area contributed by atoms with E-state index in [0.29, 0.717) is 24.0 Å².